The number of amides is 2. The first kappa shape index (κ1) is 19.3. The molecule has 0 atom stereocenters. The SMILES string of the molecule is CON(C)S(=O)(=O)c1cc(C(=O)N2CC(=O)Nc3ccccc32)ccc1Cl. The lowest BCUT2D eigenvalue weighted by Gasteiger charge is -2.29. The number of nitrogens with one attached hydrogen (secondary N) is 1. The Balaban J connectivity index is 2.05. The number of anilines is 2. The third-order valence-electron chi connectivity index (χ3n) is 4.07. The molecule has 2 amide bonds. The van der Waals surface area contributed by atoms with E-state index in [2.05, 4.69) is 5.32 Å². The van der Waals surface area contributed by atoms with E-state index in [0.29, 0.717) is 15.8 Å². The second kappa shape index (κ2) is 7.28. The Morgan fingerprint density at radius 2 is 1.96 bits per heavy atom. The summed E-state index contributed by atoms with van der Waals surface area (Å²) < 4.78 is 25.7. The fourth-order valence-electron chi connectivity index (χ4n) is 2.64. The molecule has 1 aliphatic rings. The molecule has 0 saturated carbocycles. The molecule has 0 bridgehead atoms. The van der Waals surface area contributed by atoms with Gasteiger partial charge in [-0.05, 0) is 30.3 Å². The minimum absolute atomic E-state index is 0.0489. The summed E-state index contributed by atoms with van der Waals surface area (Å²) in [5, 5.41) is 2.64. The number of para-hydroxylation sites is 2. The fraction of sp³-hybridized carbons (Fsp3) is 0.176. The minimum atomic E-state index is -4.05. The molecule has 3 rings (SSSR count). The van der Waals surface area contributed by atoms with Crippen LogP contribution in [0.1, 0.15) is 10.4 Å². The molecule has 10 heteroatoms. The summed E-state index contributed by atoms with van der Waals surface area (Å²) in [6.45, 7) is -0.182. The van der Waals surface area contributed by atoms with Crippen molar-refractivity contribution in [2.45, 2.75) is 4.90 Å². The van der Waals surface area contributed by atoms with Crippen LogP contribution in [0, 0.1) is 0 Å². The number of hydrogen-bond donors (Lipinski definition) is 1. The van der Waals surface area contributed by atoms with Gasteiger partial charge in [-0.3, -0.25) is 19.3 Å². The van der Waals surface area contributed by atoms with Crippen molar-refractivity contribution in [2.24, 2.45) is 0 Å². The zero-order chi connectivity index (χ0) is 19.8. The van der Waals surface area contributed by atoms with E-state index < -0.39 is 15.9 Å². The Kier molecular flexibility index (Phi) is 5.20. The van der Waals surface area contributed by atoms with Crippen molar-refractivity contribution in [1.82, 2.24) is 4.47 Å². The van der Waals surface area contributed by atoms with Crippen LogP contribution in [0.3, 0.4) is 0 Å². The van der Waals surface area contributed by atoms with Crippen LogP contribution in [-0.2, 0) is 19.7 Å². The summed E-state index contributed by atoms with van der Waals surface area (Å²) in [5.41, 5.74) is 1.10. The Morgan fingerprint density at radius 3 is 2.67 bits per heavy atom. The van der Waals surface area contributed by atoms with Crippen molar-refractivity contribution in [3.8, 4) is 0 Å². The number of halogens is 1. The molecule has 0 fully saturated rings. The Bertz CT molecular complexity index is 1020. The Labute approximate surface area is 161 Å². The van der Waals surface area contributed by atoms with Crippen molar-refractivity contribution in [1.29, 1.82) is 0 Å². The highest BCUT2D eigenvalue weighted by Crippen LogP contribution is 2.31. The summed E-state index contributed by atoms with van der Waals surface area (Å²) in [6.07, 6.45) is 0. The standard InChI is InChI=1S/C17H16ClN3O5S/c1-20(26-2)27(24,25)15-9-11(7-8-12(15)18)17(23)21-10-16(22)19-13-5-3-4-6-14(13)21/h3-9H,10H2,1-2H3,(H,19,22). The molecule has 142 valence electrons. The minimum Gasteiger partial charge on any atom is -0.323 e. The van der Waals surface area contributed by atoms with Gasteiger partial charge in [0, 0.05) is 12.6 Å². The monoisotopic (exact) mass is 409 g/mol. The maximum Gasteiger partial charge on any atom is 0.266 e. The highest BCUT2D eigenvalue weighted by molar-refractivity contribution is 7.89. The van der Waals surface area contributed by atoms with E-state index in [1.807, 2.05) is 0 Å². The number of benzene rings is 2. The van der Waals surface area contributed by atoms with Crippen LogP contribution in [-0.4, -0.2) is 45.4 Å². The highest BCUT2D eigenvalue weighted by Gasteiger charge is 2.30. The first-order valence-corrected chi connectivity index (χ1v) is 9.61. The molecule has 0 aromatic heterocycles. The molecule has 0 aliphatic carbocycles. The lowest BCUT2D eigenvalue weighted by molar-refractivity contribution is -0.115. The Hall–Kier alpha value is -2.46. The number of carbonyl (C=O) groups is 2. The largest absolute Gasteiger partial charge is 0.323 e. The molecule has 1 N–H and O–H groups in total. The number of carbonyl (C=O) groups excluding carboxylic acids is 2. The lowest BCUT2D eigenvalue weighted by atomic mass is 10.1. The van der Waals surface area contributed by atoms with E-state index in [1.165, 1.54) is 37.3 Å². The van der Waals surface area contributed by atoms with Gasteiger partial charge < -0.3 is 5.32 Å². The molecule has 1 heterocycles. The number of hydrogen-bond acceptors (Lipinski definition) is 5. The topological polar surface area (TPSA) is 96.0 Å². The van der Waals surface area contributed by atoms with Crippen LogP contribution in [0.25, 0.3) is 0 Å². The van der Waals surface area contributed by atoms with Gasteiger partial charge in [-0.2, -0.15) is 0 Å². The number of rotatable bonds is 4. The first-order chi connectivity index (χ1) is 12.8. The third-order valence-corrected chi connectivity index (χ3v) is 6.23. The number of nitrogens with zero attached hydrogens (tertiary/aromatic N) is 2. The second-order valence-electron chi connectivity index (χ2n) is 5.70. The van der Waals surface area contributed by atoms with E-state index in [1.54, 1.807) is 24.3 Å². The van der Waals surface area contributed by atoms with Crippen molar-refractivity contribution >= 4 is 44.8 Å². The van der Waals surface area contributed by atoms with Gasteiger partial charge >= 0.3 is 0 Å². The van der Waals surface area contributed by atoms with Gasteiger partial charge in [0.2, 0.25) is 5.91 Å². The van der Waals surface area contributed by atoms with E-state index in [-0.39, 0.29) is 27.9 Å². The van der Waals surface area contributed by atoms with Gasteiger partial charge in [0.25, 0.3) is 15.9 Å². The molecule has 8 nitrogen and oxygen atoms in total. The molecular formula is C17H16ClN3O5S. The Morgan fingerprint density at radius 1 is 1.26 bits per heavy atom. The van der Waals surface area contributed by atoms with Gasteiger partial charge in [-0.25, -0.2) is 8.42 Å². The lowest BCUT2D eigenvalue weighted by Crippen LogP contribution is -2.42. The normalized spacial score (nSPS) is 14.1. The quantitative estimate of drug-likeness (QED) is 0.780. The second-order valence-corrected chi connectivity index (χ2v) is 8.01. The molecular weight excluding hydrogens is 394 g/mol. The van der Waals surface area contributed by atoms with E-state index in [0.717, 1.165) is 0 Å². The van der Waals surface area contributed by atoms with Crippen molar-refractivity contribution in [2.75, 3.05) is 30.9 Å². The van der Waals surface area contributed by atoms with Crippen LogP contribution in [0.15, 0.2) is 47.4 Å². The number of sulfonamides is 1. The molecule has 0 saturated heterocycles. The summed E-state index contributed by atoms with van der Waals surface area (Å²) >= 11 is 6.03. The molecule has 2 aromatic rings. The maximum atomic E-state index is 13.0. The van der Waals surface area contributed by atoms with Gasteiger partial charge in [-0.1, -0.05) is 28.2 Å². The predicted octanol–water partition coefficient (Wildman–Crippen LogP) is 2.12. The zero-order valence-electron chi connectivity index (χ0n) is 14.5. The van der Waals surface area contributed by atoms with Gasteiger partial charge in [-0.15, -0.1) is 0 Å². The summed E-state index contributed by atoms with van der Waals surface area (Å²) in [7, 11) is -1.64. The zero-order valence-corrected chi connectivity index (χ0v) is 16.0. The van der Waals surface area contributed by atoms with Crippen LogP contribution >= 0.6 is 11.6 Å². The van der Waals surface area contributed by atoms with Crippen LogP contribution in [0.2, 0.25) is 5.02 Å². The maximum absolute atomic E-state index is 13.0. The van der Waals surface area contributed by atoms with Crippen molar-refractivity contribution < 1.29 is 22.8 Å². The summed E-state index contributed by atoms with van der Waals surface area (Å²) in [4.78, 5) is 30.7. The number of fused-ring (bicyclic) bond motifs is 1. The van der Waals surface area contributed by atoms with Crippen LogP contribution < -0.4 is 10.2 Å². The highest BCUT2D eigenvalue weighted by atomic mass is 35.5. The van der Waals surface area contributed by atoms with Gasteiger partial charge in [0.15, 0.2) is 0 Å². The van der Waals surface area contributed by atoms with Crippen LogP contribution in [0.4, 0.5) is 11.4 Å². The molecule has 0 unspecified atom stereocenters. The number of hydroxylamine groups is 1. The predicted molar refractivity (Wildman–Crippen MR) is 100 cm³/mol. The smallest absolute Gasteiger partial charge is 0.266 e. The average molecular weight is 410 g/mol. The van der Waals surface area contributed by atoms with Gasteiger partial charge in [0.1, 0.15) is 11.4 Å². The molecule has 2 aromatic carbocycles. The third kappa shape index (κ3) is 3.54. The molecule has 1 aliphatic heterocycles. The van der Waals surface area contributed by atoms with Crippen molar-refractivity contribution in [3.05, 3.63) is 53.1 Å². The summed E-state index contributed by atoms with van der Waals surface area (Å²) in [6, 6.07) is 10.7. The van der Waals surface area contributed by atoms with E-state index in [9.17, 15) is 18.0 Å². The first-order valence-electron chi connectivity index (χ1n) is 7.79. The van der Waals surface area contributed by atoms with E-state index in [4.69, 9.17) is 16.4 Å². The molecule has 0 radical (unpaired) electrons. The fourth-order valence-corrected chi connectivity index (χ4v) is 4.11. The van der Waals surface area contributed by atoms with Crippen molar-refractivity contribution in [3.63, 3.8) is 0 Å². The molecule has 27 heavy (non-hydrogen) atoms. The average Bonchev–Trinajstić information content (AvgIpc) is 2.66. The van der Waals surface area contributed by atoms with Gasteiger partial charge in [0.05, 0.1) is 23.5 Å². The van der Waals surface area contributed by atoms with Crippen LogP contribution in [0.5, 0.6) is 0 Å². The molecule has 0 spiro atoms. The summed E-state index contributed by atoms with van der Waals surface area (Å²) in [5.74, 6) is -0.867. The van der Waals surface area contributed by atoms with E-state index >= 15 is 0 Å².